The average Bonchev–Trinajstić information content (AvgIpc) is 3.00. The first-order valence-electron chi connectivity index (χ1n) is 9.90. The molecule has 0 N–H and O–H groups in total. The van der Waals surface area contributed by atoms with Crippen LogP contribution in [-0.2, 0) is 16.6 Å². The molecule has 0 amide bonds. The first kappa shape index (κ1) is 22.5. The van der Waals surface area contributed by atoms with Crippen LogP contribution in [-0.4, -0.2) is 37.4 Å². The molecule has 0 unspecified atom stereocenters. The molecule has 0 saturated heterocycles. The number of benzene rings is 2. The number of nitrogens with zero attached hydrogens (tertiary/aromatic N) is 2. The highest BCUT2D eigenvalue weighted by atomic mass is 32.2. The molecule has 0 aliphatic carbocycles. The molecule has 162 valence electrons. The number of sulfonamides is 1. The summed E-state index contributed by atoms with van der Waals surface area (Å²) in [6.45, 7) is 5.57. The van der Waals surface area contributed by atoms with Crippen LogP contribution >= 0.6 is 0 Å². The maximum Gasteiger partial charge on any atom is 0.232 e. The maximum absolute atomic E-state index is 13.1. The molecule has 1 heterocycles. The SMILES string of the molecule is CC(=O)c1ccc(N(CC(=O)c2cc(C)n(Cc3ccccc3)c2C)S(C)(=O)=O)cc1. The number of hydrogen-bond acceptors (Lipinski definition) is 4. The third-order valence-electron chi connectivity index (χ3n) is 5.31. The fourth-order valence-electron chi connectivity index (χ4n) is 3.57. The van der Waals surface area contributed by atoms with Crippen molar-refractivity contribution < 1.29 is 18.0 Å². The highest BCUT2D eigenvalue weighted by Crippen LogP contribution is 2.22. The van der Waals surface area contributed by atoms with Gasteiger partial charge in [0.15, 0.2) is 11.6 Å². The Morgan fingerprint density at radius 3 is 2.13 bits per heavy atom. The number of carbonyl (C=O) groups excluding carboxylic acids is 2. The standard InChI is InChI=1S/C24H26N2O4S/c1-17-14-23(18(2)25(17)15-20-8-6-5-7-9-20)24(28)16-26(31(4,29)30)22-12-10-21(11-13-22)19(3)27/h5-14H,15-16H2,1-4H3. The van der Waals surface area contributed by atoms with Gasteiger partial charge in [0, 0.05) is 29.1 Å². The van der Waals surface area contributed by atoms with E-state index < -0.39 is 10.0 Å². The van der Waals surface area contributed by atoms with Gasteiger partial charge in [-0.05, 0) is 56.7 Å². The van der Waals surface area contributed by atoms with Gasteiger partial charge in [-0.2, -0.15) is 0 Å². The summed E-state index contributed by atoms with van der Waals surface area (Å²) in [5, 5.41) is 0. The van der Waals surface area contributed by atoms with Gasteiger partial charge in [-0.25, -0.2) is 8.42 Å². The highest BCUT2D eigenvalue weighted by Gasteiger charge is 2.24. The number of hydrogen-bond donors (Lipinski definition) is 0. The van der Waals surface area contributed by atoms with Crippen molar-refractivity contribution in [1.82, 2.24) is 4.57 Å². The van der Waals surface area contributed by atoms with E-state index in [1.165, 1.54) is 6.92 Å². The summed E-state index contributed by atoms with van der Waals surface area (Å²) >= 11 is 0. The highest BCUT2D eigenvalue weighted by molar-refractivity contribution is 7.92. The lowest BCUT2D eigenvalue weighted by molar-refractivity contribution is 0.0997. The zero-order chi connectivity index (χ0) is 22.8. The molecular formula is C24H26N2O4S. The molecule has 7 heteroatoms. The molecule has 0 spiro atoms. The van der Waals surface area contributed by atoms with Gasteiger partial charge in [0.2, 0.25) is 10.0 Å². The minimum absolute atomic E-state index is 0.112. The van der Waals surface area contributed by atoms with Crippen molar-refractivity contribution in [3.63, 3.8) is 0 Å². The molecule has 0 saturated carbocycles. The Kier molecular flexibility index (Phi) is 6.45. The molecule has 1 aromatic heterocycles. The summed E-state index contributed by atoms with van der Waals surface area (Å²) in [7, 11) is -3.70. The van der Waals surface area contributed by atoms with Gasteiger partial charge in [0.25, 0.3) is 0 Å². The summed E-state index contributed by atoms with van der Waals surface area (Å²) < 4.78 is 28.0. The number of anilines is 1. The first-order chi connectivity index (χ1) is 14.6. The first-order valence-corrected chi connectivity index (χ1v) is 11.8. The quantitative estimate of drug-likeness (QED) is 0.498. The van der Waals surface area contributed by atoms with Crippen LogP contribution in [0.25, 0.3) is 0 Å². The number of aromatic nitrogens is 1. The van der Waals surface area contributed by atoms with Crippen molar-refractivity contribution in [3.8, 4) is 0 Å². The predicted octanol–water partition coefficient (Wildman–Crippen LogP) is 4.00. The molecule has 0 fully saturated rings. The van der Waals surface area contributed by atoms with Gasteiger partial charge in [-0.15, -0.1) is 0 Å². The maximum atomic E-state index is 13.1. The molecule has 0 radical (unpaired) electrons. The van der Waals surface area contributed by atoms with Gasteiger partial charge < -0.3 is 4.57 Å². The zero-order valence-corrected chi connectivity index (χ0v) is 18.9. The van der Waals surface area contributed by atoms with Crippen molar-refractivity contribution in [2.24, 2.45) is 0 Å². The summed E-state index contributed by atoms with van der Waals surface area (Å²) in [5.41, 5.74) is 4.18. The van der Waals surface area contributed by atoms with Gasteiger partial charge in [0.1, 0.15) is 0 Å². The van der Waals surface area contributed by atoms with E-state index in [4.69, 9.17) is 0 Å². The Balaban J connectivity index is 1.89. The van der Waals surface area contributed by atoms with Crippen LogP contribution in [0.4, 0.5) is 5.69 Å². The largest absolute Gasteiger partial charge is 0.344 e. The molecular weight excluding hydrogens is 412 g/mol. The number of Topliss-reactive ketones (excluding diaryl/α,β-unsaturated/α-hetero) is 2. The van der Waals surface area contributed by atoms with Crippen LogP contribution in [0.1, 0.15) is 44.6 Å². The van der Waals surface area contributed by atoms with E-state index in [1.807, 2.05) is 44.2 Å². The second-order valence-corrected chi connectivity index (χ2v) is 9.56. The summed E-state index contributed by atoms with van der Waals surface area (Å²) in [6, 6.07) is 18.0. The van der Waals surface area contributed by atoms with E-state index in [0.29, 0.717) is 23.4 Å². The van der Waals surface area contributed by atoms with Crippen molar-refractivity contribution in [3.05, 3.63) is 88.7 Å². The van der Waals surface area contributed by atoms with Gasteiger partial charge in [0.05, 0.1) is 18.5 Å². The van der Waals surface area contributed by atoms with Crippen LogP contribution in [0.15, 0.2) is 60.7 Å². The van der Waals surface area contributed by atoms with E-state index in [1.54, 1.807) is 30.3 Å². The van der Waals surface area contributed by atoms with E-state index in [9.17, 15) is 18.0 Å². The van der Waals surface area contributed by atoms with Gasteiger partial charge >= 0.3 is 0 Å². The zero-order valence-electron chi connectivity index (χ0n) is 18.1. The molecule has 0 bridgehead atoms. The number of rotatable bonds is 8. The Labute approximate surface area is 183 Å². The summed E-state index contributed by atoms with van der Waals surface area (Å²) in [5.74, 6) is -0.395. The Hall–Kier alpha value is -3.19. The molecule has 6 nitrogen and oxygen atoms in total. The monoisotopic (exact) mass is 438 g/mol. The number of carbonyl (C=O) groups is 2. The Bertz CT molecular complexity index is 1210. The lowest BCUT2D eigenvalue weighted by Crippen LogP contribution is -2.35. The normalized spacial score (nSPS) is 11.4. The fraction of sp³-hybridized carbons (Fsp3) is 0.250. The van der Waals surface area contributed by atoms with Gasteiger partial charge in [-0.1, -0.05) is 30.3 Å². The molecule has 3 aromatic rings. The molecule has 3 rings (SSSR count). The fourth-order valence-corrected chi connectivity index (χ4v) is 4.43. The Morgan fingerprint density at radius 1 is 0.968 bits per heavy atom. The summed E-state index contributed by atoms with van der Waals surface area (Å²) in [4.78, 5) is 24.6. The smallest absolute Gasteiger partial charge is 0.232 e. The van der Waals surface area contributed by atoms with E-state index in [2.05, 4.69) is 4.57 Å². The van der Waals surface area contributed by atoms with Crippen molar-refractivity contribution >= 4 is 27.3 Å². The van der Waals surface area contributed by atoms with Crippen LogP contribution in [0.3, 0.4) is 0 Å². The van der Waals surface area contributed by atoms with Crippen LogP contribution < -0.4 is 4.31 Å². The molecule has 2 aromatic carbocycles. The topological polar surface area (TPSA) is 76.5 Å². The number of ketones is 2. The lowest BCUT2D eigenvalue weighted by atomic mass is 10.1. The van der Waals surface area contributed by atoms with E-state index in [-0.39, 0.29) is 18.1 Å². The van der Waals surface area contributed by atoms with Crippen molar-refractivity contribution in [2.45, 2.75) is 27.3 Å². The molecule has 0 aliphatic heterocycles. The lowest BCUT2D eigenvalue weighted by Gasteiger charge is -2.22. The third-order valence-corrected chi connectivity index (χ3v) is 6.45. The minimum Gasteiger partial charge on any atom is -0.344 e. The molecule has 0 aliphatic rings. The predicted molar refractivity (Wildman–Crippen MR) is 122 cm³/mol. The van der Waals surface area contributed by atoms with Crippen molar-refractivity contribution in [1.29, 1.82) is 0 Å². The van der Waals surface area contributed by atoms with Crippen LogP contribution in [0.5, 0.6) is 0 Å². The molecule has 31 heavy (non-hydrogen) atoms. The second kappa shape index (κ2) is 8.89. The number of aryl methyl sites for hydroxylation is 1. The van der Waals surface area contributed by atoms with E-state index in [0.717, 1.165) is 27.5 Å². The minimum atomic E-state index is -3.70. The van der Waals surface area contributed by atoms with Crippen molar-refractivity contribution in [2.75, 3.05) is 17.1 Å². The third kappa shape index (κ3) is 5.11. The van der Waals surface area contributed by atoms with Crippen LogP contribution in [0.2, 0.25) is 0 Å². The molecule has 0 atom stereocenters. The van der Waals surface area contributed by atoms with Crippen LogP contribution in [0, 0.1) is 13.8 Å². The Morgan fingerprint density at radius 2 is 1.58 bits per heavy atom. The van der Waals surface area contributed by atoms with Gasteiger partial charge in [-0.3, -0.25) is 13.9 Å². The second-order valence-electron chi connectivity index (χ2n) is 7.65. The summed E-state index contributed by atoms with van der Waals surface area (Å²) in [6.07, 6.45) is 1.07. The average molecular weight is 439 g/mol. The van der Waals surface area contributed by atoms with E-state index >= 15 is 0 Å².